The van der Waals surface area contributed by atoms with Crippen LogP contribution in [-0.2, 0) is 11.2 Å². The summed E-state index contributed by atoms with van der Waals surface area (Å²) in [6.07, 6.45) is 3.36. The Morgan fingerprint density at radius 2 is 2.22 bits per heavy atom. The second-order valence-electron chi connectivity index (χ2n) is 4.85. The number of rotatable bonds is 1. The van der Waals surface area contributed by atoms with Crippen LogP contribution < -0.4 is 10.2 Å². The molecule has 2 heterocycles. The minimum absolute atomic E-state index is 0.00107. The monoisotopic (exact) mass is 262 g/mol. The van der Waals surface area contributed by atoms with E-state index in [1.807, 2.05) is 11.0 Å². The molecule has 1 unspecified atom stereocenters. The van der Waals surface area contributed by atoms with Crippen LogP contribution in [-0.4, -0.2) is 30.1 Å². The quantitative estimate of drug-likeness (QED) is 0.840. The lowest BCUT2D eigenvalue weighted by Crippen LogP contribution is -2.45. The maximum Gasteiger partial charge on any atom is 0.245 e. The third-order valence-electron chi connectivity index (χ3n) is 3.64. The van der Waals surface area contributed by atoms with Crippen molar-refractivity contribution in [3.05, 3.63) is 29.8 Å². The van der Waals surface area contributed by atoms with Gasteiger partial charge in [0.1, 0.15) is 0 Å². The van der Waals surface area contributed by atoms with Crippen LogP contribution in [0.15, 0.2) is 24.3 Å². The number of nitrogens with one attached hydrogen (secondary N) is 1. The molecule has 0 bridgehead atoms. The van der Waals surface area contributed by atoms with Crippen molar-refractivity contribution in [1.29, 1.82) is 0 Å². The Bertz CT molecular complexity index is 443. The number of fused-ring (bicyclic) bond motifs is 1. The van der Waals surface area contributed by atoms with E-state index in [0.29, 0.717) is 0 Å². The Labute approximate surface area is 112 Å². The number of carbonyl (C=O) groups excluding carboxylic acids is 1. The van der Waals surface area contributed by atoms with E-state index in [1.54, 1.807) is 11.8 Å². The van der Waals surface area contributed by atoms with Gasteiger partial charge in [-0.3, -0.25) is 10.1 Å². The average Bonchev–Trinajstić information content (AvgIpc) is 2.85. The topological polar surface area (TPSA) is 32.3 Å². The SMILES string of the molecule is O=C(C1CSCN1)N1CCCCc2ccccc21. The Morgan fingerprint density at radius 3 is 3.06 bits per heavy atom. The van der Waals surface area contributed by atoms with Crippen molar-refractivity contribution < 1.29 is 4.79 Å². The second kappa shape index (κ2) is 5.33. The van der Waals surface area contributed by atoms with Crippen molar-refractivity contribution in [2.24, 2.45) is 0 Å². The van der Waals surface area contributed by atoms with E-state index in [1.165, 1.54) is 12.0 Å². The predicted octanol–water partition coefficient (Wildman–Crippen LogP) is 2.02. The van der Waals surface area contributed by atoms with E-state index in [2.05, 4.69) is 23.5 Å². The van der Waals surface area contributed by atoms with Gasteiger partial charge >= 0.3 is 0 Å². The van der Waals surface area contributed by atoms with Gasteiger partial charge in [-0.25, -0.2) is 0 Å². The molecule has 0 saturated carbocycles. The fraction of sp³-hybridized carbons (Fsp3) is 0.500. The molecule has 1 aromatic rings. The maximum atomic E-state index is 12.6. The highest BCUT2D eigenvalue weighted by molar-refractivity contribution is 7.99. The van der Waals surface area contributed by atoms with Crippen LogP contribution in [0, 0.1) is 0 Å². The Morgan fingerprint density at radius 1 is 1.33 bits per heavy atom. The fourth-order valence-corrected chi connectivity index (χ4v) is 3.60. The number of nitrogens with zero attached hydrogens (tertiary/aromatic N) is 1. The molecular formula is C14H18N2OS. The summed E-state index contributed by atoms with van der Waals surface area (Å²) in [7, 11) is 0. The number of para-hydroxylation sites is 1. The zero-order valence-corrected chi connectivity index (χ0v) is 11.2. The van der Waals surface area contributed by atoms with Gasteiger partial charge in [-0.1, -0.05) is 18.2 Å². The maximum absolute atomic E-state index is 12.6. The van der Waals surface area contributed by atoms with E-state index in [9.17, 15) is 4.79 Å². The molecule has 2 aliphatic rings. The van der Waals surface area contributed by atoms with Gasteiger partial charge < -0.3 is 4.90 Å². The molecule has 96 valence electrons. The van der Waals surface area contributed by atoms with Crippen molar-refractivity contribution in [1.82, 2.24) is 5.32 Å². The summed E-state index contributed by atoms with van der Waals surface area (Å²) in [5.41, 5.74) is 2.44. The summed E-state index contributed by atoms with van der Waals surface area (Å²) in [5, 5.41) is 3.28. The molecule has 1 amide bonds. The molecule has 0 spiro atoms. The van der Waals surface area contributed by atoms with Crippen LogP contribution in [0.1, 0.15) is 18.4 Å². The van der Waals surface area contributed by atoms with Gasteiger partial charge in [0.25, 0.3) is 0 Å². The predicted molar refractivity (Wildman–Crippen MR) is 76.0 cm³/mol. The van der Waals surface area contributed by atoms with E-state index < -0.39 is 0 Å². The van der Waals surface area contributed by atoms with Gasteiger partial charge in [0.05, 0.1) is 6.04 Å². The zero-order chi connectivity index (χ0) is 12.4. The van der Waals surface area contributed by atoms with Gasteiger partial charge in [-0.2, -0.15) is 0 Å². The van der Waals surface area contributed by atoms with Crippen LogP contribution in [0.5, 0.6) is 0 Å². The number of amides is 1. The molecule has 0 aliphatic carbocycles. The summed E-state index contributed by atoms with van der Waals surface area (Å²) in [4.78, 5) is 14.6. The van der Waals surface area contributed by atoms with Crippen LogP contribution in [0.4, 0.5) is 5.69 Å². The molecule has 3 nitrogen and oxygen atoms in total. The average molecular weight is 262 g/mol. The number of aryl methyl sites for hydroxylation is 1. The van der Waals surface area contributed by atoms with Gasteiger partial charge in [-0.05, 0) is 30.9 Å². The number of hydrogen-bond donors (Lipinski definition) is 1. The fourth-order valence-electron chi connectivity index (χ4n) is 2.66. The smallest absolute Gasteiger partial charge is 0.245 e. The number of anilines is 1. The number of hydrogen-bond acceptors (Lipinski definition) is 3. The molecule has 0 aromatic heterocycles. The molecule has 4 heteroatoms. The molecule has 0 radical (unpaired) electrons. The largest absolute Gasteiger partial charge is 0.311 e. The first-order valence-corrected chi connectivity index (χ1v) is 7.72. The van der Waals surface area contributed by atoms with Crippen molar-refractivity contribution in [2.75, 3.05) is 23.1 Å². The second-order valence-corrected chi connectivity index (χ2v) is 5.88. The molecular weight excluding hydrogens is 244 g/mol. The van der Waals surface area contributed by atoms with Crippen LogP contribution in [0.2, 0.25) is 0 Å². The highest BCUT2D eigenvalue weighted by Gasteiger charge is 2.29. The lowest BCUT2D eigenvalue weighted by molar-refractivity contribution is -0.119. The van der Waals surface area contributed by atoms with Crippen molar-refractivity contribution in [2.45, 2.75) is 25.3 Å². The van der Waals surface area contributed by atoms with Gasteiger partial charge in [-0.15, -0.1) is 11.8 Å². The summed E-state index contributed by atoms with van der Waals surface area (Å²) in [6, 6.07) is 8.33. The van der Waals surface area contributed by atoms with Crippen LogP contribution in [0.25, 0.3) is 0 Å². The number of benzene rings is 1. The normalized spacial score (nSPS) is 23.6. The van der Waals surface area contributed by atoms with Crippen molar-refractivity contribution in [3.63, 3.8) is 0 Å². The Hall–Kier alpha value is -1.00. The molecule has 3 rings (SSSR count). The van der Waals surface area contributed by atoms with Crippen LogP contribution >= 0.6 is 11.8 Å². The lowest BCUT2D eigenvalue weighted by Gasteiger charge is -2.25. The third-order valence-corrected chi connectivity index (χ3v) is 4.58. The van der Waals surface area contributed by atoms with Crippen molar-refractivity contribution in [3.8, 4) is 0 Å². The molecule has 18 heavy (non-hydrogen) atoms. The summed E-state index contributed by atoms with van der Waals surface area (Å²) >= 11 is 1.80. The van der Waals surface area contributed by atoms with E-state index in [-0.39, 0.29) is 11.9 Å². The summed E-state index contributed by atoms with van der Waals surface area (Å²) < 4.78 is 0. The van der Waals surface area contributed by atoms with Gasteiger partial charge in [0, 0.05) is 23.9 Å². The molecule has 1 aromatic carbocycles. The molecule has 1 fully saturated rings. The first-order chi connectivity index (χ1) is 8.86. The van der Waals surface area contributed by atoms with E-state index in [0.717, 1.165) is 36.7 Å². The third kappa shape index (κ3) is 2.27. The molecule has 2 aliphatic heterocycles. The molecule has 1 N–H and O–H groups in total. The van der Waals surface area contributed by atoms with E-state index >= 15 is 0 Å². The first kappa shape index (κ1) is 12.1. The van der Waals surface area contributed by atoms with Crippen LogP contribution in [0.3, 0.4) is 0 Å². The zero-order valence-electron chi connectivity index (χ0n) is 10.4. The van der Waals surface area contributed by atoms with Crippen molar-refractivity contribution >= 4 is 23.4 Å². The van der Waals surface area contributed by atoms with E-state index in [4.69, 9.17) is 0 Å². The highest BCUT2D eigenvalue weighted by Crippen LogP contribution is 2.27. The van der Waals surface area contributed by atoms with Gasteiger partial charge in [0.2, 0.25) is 5.91 Å². The standard InChI is InChI=1S/C14H18N2OS/c17-14(12-9-18-10-15-12)16-8-4-3-6-11-5-1-2-7-13(11)16/h1-2,5,7,12,15H,3-4,6,8-10H2. The minimum Gasteiger partial charge on any atom is -0.311 e. The Balaban J connectivity index is 1.88. The lowest BCUT2D eigenvalue weighted by atomic mass is 10.1. The molecule has 1 saturated heterocycles. The first-order valence-electron chi connectivity index (χ1n) is 6.56. The van der Waals surface area contributed by atoms with Gasteiger partial charge in [0.15, 0.2) is 0 Å². The summed E-state index contributed by atoms with van der Waals surface area (Å²) in [5.74, 6) is 2.04. The number of carbonyl (C=O) groups is 1. The minimum atomic E-state index is 0.00107. The Kier molecular flexibility index (Phi) is 3.57. The molecule has 1 atom stereocenters. The number of thioether (sulfide) groups is 1. The highest BCUT2D eigenvalue weighted by atomic mass is 32.2. The summed E-state index contributed by atoms with van der Waals surface area (Å²) in [6.45, 7) is 0.860.